The van der Waals surface area contributed by atoms with E-state index in [2.05, 4.69) is 20.7 Å². The largest absolute Gasteiger partial charge is 0.508 e. The van der Waals surface area contributed by atoms with Gasteiger partial charge in [-0.15, -0.1) is 0 Å². The summed E-state index contributed by atoms with van der Waals surface area (Å²) in [6.45, 7) is 0. The third-order valence-electron chi connectivity index (χ3n) is 4.50. The van der Waals surface area contributed by atoms with Crippen molar-refractivity contribution in [2.75, 3.05) is 7.11 Å². The van der Waals surface area contributed by atoms with Crippen molar-refractivity contribution in [3.05, 3.63) is 82.8 Å². The van der Waals surface area contributed by atoms with E-state index in [1.54, 1.807) is 24.3 Å². The number of halogens is 1. The van der Waals surface area contributed by atoms with E-state index in [-0.39, 0.29) is 17.1 Å². The molecule has 0 aliphatic heterocycles. The van der Waals surface area contributed by atoms with Crippen LogP contribution in [0.15, 0.2) is 82.2 Å². The van der Waals surface area contributed by atoms with E-state index < -0.39 is 22.0 Å². The normalized spacial score (nSPS) is 12.3. The first-order chi connectivity index (χ1) is 14.3. The molecule has 0 saturated carbocycles. The maximum Gasteiger partial charge on any atom is 0.324 e. The molecule has 0 fully saturated rings. The zero-order valence-electron chi connectivity index (χ0n) is 16.1. The van der Waals surface area contributed by atoms with Crippen LogP contribution in [0.5, 0.6) is 5.75 Å². The van der Waals surface area contributed by atoms with Gasteiger partial charge >= 0.3 is 5.97 Å². The summed E-state index contributed by atoms with van der Waals surface area (Å²) in [7, 11) is -2.75. The molecule has 3 aromatic rings. The van der Waals surface area contributed by atoms with E-state index in [1.165, 1.54) is 31.4 Å². The number of hydrogen-bond donors (Lipinski definition) is 2. The molecule has 0 amide bonds. The highest BCUT2D eigenvalue weighted by atomic mass is 79.9. The Morgan fingerprint density at radius 1 is 0.967 bits per heavy atom. The van der Waals surface area contributed by atoms with Gasteiger partial charge in [-0.05, 0) is 59.5 Å². The lowest BCUT2D eigenvalue weighted by Gasteiger charge is -2.17. The van der Waals surface area contributed by atoms with Crippen molar-refractivity contribution >= 4 is 31.9 Å². The number of esters is 1. The molecular weight excluding hydrogens is 470 g/mol. The molecule has 156 valence electrons. The Labute approximate surface area is 183 Å². The predicted octanol–water partition coefficient (Wildman–Crippen LogP) is 3.88. The summed E-state index contributed by atoms with van der Waals surface area (Å²) < 4.78 is 33.8. The van der Waals surface area contributed by atoms with Gasteiger partial charge in [-0.3, -0.25) is 4.79 Å². The van der Waals surface area contributed by atoms with Crippen molar-refractivity contribution in [3.63, 3.8) is 0 Å². The van der Waals surface area contributed by atoms with Gasteiger partial charge in [0.2, 0.25) is 10.0 Å². The van der Waals surface area contributed by atoms with Crippen molar-refractivity contribution in [3.8, 4) is 16.9 Å². The van der Waals surface area contributed by atoms with Crippen molar-refractivity contribution in [2.24, 2.45) is 0 Å². The number of phenolic OH excluding ortho intramolecular Hbond substituents is 1. The summed E-state index contributed by atoms with van der Waals surface area (Å²) in [5.41, 5.74) is 2.50. The van der Waals surface area contributed by atoms with E-state index in [0.717, 1.165) is 15.6 Å². The summed E-state index contributed by atoms with van der Waals surface area (Å²) in [5, 5.41) is 9.39. The quantitative estimate of drug-likeness (QED) is 0.491. The summed E-state index contributed by atoms with van der Waals surface area (Å²) in [5.74, 6) is -0.613. The van der Waals surface area contributed by atoms with Crippen molar-refractivity contribution in [1.82, 2.24) is 4.72 Å². The fourth-order valence-electron chi connectivity index (χ4n) is 2.91. The van der Waals surface area contributed by atoms with E-state index in [4.69, 9.17) is 4.74 Å². The second kappa shape index (κ2) is 9.42. The van der Waals surface area contributed by atoms with Crippen LogP contribution in [0.3, 0.4) is 0 Å². The van der Waals surface area contributed by atoms with E-state index in [9.17, 15) is 18.3 Å². The number of carbonyl (C=O) groups excluding carboxylic acids is 1. The van der Waals surface area contributed by atoms with Crippen molar-refractivity contribution in [2.45, 2.75) is 17.4 Å². The van der Waals surface area contributed by atoms with Crippen LogP contribution in [-0.2, 0) is 26.0 Å². The summed E-state index contributed by atoms with van der Waals surface area (Å²) in [6, 6.07) is 19.2. The average molecular weight is 490 g/mol. The van der Waals surface area contributed by atoms with Crippen molar-refractivity contribution < 1.29 is 23.1 Å². The molecule has 0 bridgehead atoms. The van der Waals surface area contributed by atoms with Gasteiger partial charge in [0.25, 0.3) is 0 Å². The minimum atomic E-state index is -3.96. The van der Waals surface area contributed by atoms with Gasteiger partial charge < -0.3 is 9.84 Å². The van der Waals surface area contributed by atoms with Gasteiger partial charge in [0, 0.05) is 4.47 Å². The second-order valence-corrected chi connectivity index (χ2v) is 9.23. The molecule has 0 radical (unpaired) electrons. The van der Waals surface area contributed by atoms with Crippen LogP contribution in [-0.4, -0.2) is 32.6 Å². The van der Waals surface area contributed by atoms with Crippen LogP contribution in [0, 0.1) is 0 Å². The lowest BCUT2D eigenvalue weighted by Crippen LogP contribution is -2.42. The number of aromatic hydroxyl groups is 1. The molecule has 0 spiro atoms. The summed E-state index contributed by atoms with van der Waals surface area (Å²) >= 11 is 3.39. The molecule has 8 heteroatoms. The second-order valence-electron chi connectivity index (χ2n) is 6.60. The standard InChI is InChI=1S/C22H20BrNO5S/c1-29-22(26)21(14-15-2-10-19(25)11-3-15)24-30(27,28)20-12-6-17(7-13-20)16-4-8-18(23)9-5-16/h2-13,21,24-25H,14H2,1H3/t21-/m0/s1. The van der Waals surface area contributed by atoms with Crippen molar-refractivity contribution in [1.29, 1.82) is 0 Å². The third-order valence-corrected chi connectivity index (χ3v) is 6.52. The lowest BCUT2D eigenvalue weighted by atomic mass is 10.1. The number of phenols is 1. The number of benzene rings is 3. The first-order valence-electron chi connectivity index (χ1n) is 9.02. The zero-order chi connectivity index (χ0) is 21.7. The maximum absolute atomic E-state index is 12.8. The molecule has 0 heterocycles. The fourth-order valence-corrected chi connectivity index (χ4v) is 4.36. The highest BCUT2D eigenvalue weighted by Crippen LogP contribution is 2.23. The Bertz CT molecular complexity index is 1110. The van der Waals surface area contributed by atoms with Crippen LogP contribution in [0.25, 0.3) is 11.1 Å². The van der Waals surface area contributed by atoms with Crippen LogP contribution in [0.4, 0.5) is 0 Å². The van der Waals surface area contributed by atoms with Gasteiger partial charge in [0.15, 0.2) is 0 Å². The Balaban J connectivity index is 1.80. The molecule has 1 atom stereocenters. The monoisotopic (exact) mass is 489 g/mol. The molecule has 0 unspecified atom stereocenters. The highest BCUT2D eigenvalue weighted by molar-refractivity contribution is 9.10. The first kappa shape index (κ1) is 22.0. The summed E-state index contributed by atoms with van der Waals surface area (Å²) in [6.07, 6.45) is 0.0865. The summed E-state index contributed by atoms with van der Waals surface area (Å²) in [4.78, 5) is 12.2. The molecule has 0 aromatic heterocycles. The number of rotatable bonds is 7. The fraction of sp³-hybridized carbons (Fsp3) is 0.136. The molecule has 6 nitrogen and oxygen atoms in total. The molecule has 0 aliphatic carbocycles. The number of carbonyl (C=O) groups is 1. The number of nitrogens with one attached hydrogen (secondary N) is 1. The number of hydrogen-bond acceptors (Lipinski definition) is 5. The zero-order valence-corrected chi connectivity index (χ0v) is 18.5. The van der Waals surface area contributed by atoms with Gasteiger partial charge in [0.05, 0.1) is 12.0 Å². The molecule has 3 rings (SSSR count). The van der Waals surface area contributed by atoms with Crippen LogP contribution in [0.2, 0.25) is 0 Å². The first-order valence-corrected chi connectivity index (χ1v) is 11.3. The van der Waals surface area contributed by atoms with Gasteiger partial charge in [-0.2, -0.15) is 4.72 Å². The van der Waals surface area contributed by atoms with Gasteiger partial charge in [-0.25, -0.2) is 8.42 Å². The van der Waals surface area contributed by atoms with Gasteiger partial charge in [0.1, 0.15) is 11.8 Å². The number of ether oxygens (including phenoxy) is 1. The van der Waals surface area contributed by atoms with E-state index in [0.29, 0.717) is 5.56 Å². The molecule has 30 heavy (non-hydrogen) atoms. The maximum atomic E-state index is 12.8. The lowest BCUT2D eigenvalue weighted by molar-refractivity contribution is -0.142. The Morgan fingerprint density at radius 3 is 2.03 bits per heavy atom. The topological polar surface area (TPSA) is 92.7 Å². The number of methoxy groups -OCH3 is 1. The minimum absolute atomic E-state index is 0.0444. The van der Waals surface area contributed by atoms with Gasteiger partial charge in [-0.1, -0.05) is 52.3 Å². The minimum Gasteiger partial charge on any atom is -0.508 e. The molecule has 2 N–H and O–H groups in total. The van der Waals surface area contributed by atoms with Crippen LogP contribution < -0.4 is 4.72 Å². The molecule has 0 aliphatic rings. The Hall–Kier alpha value is -2.68. The Kier molecular flexibility index (Phi) is 6.91. The van der Waals surface area contributed by atoms with Crippen LogP contribution in [0.1, 0.15) is 5.56 Å². The smallest absolute Gasteiger partial charge is 0.324 e. The third kappa shape index (κ3) is 5.47. The molecule has 3 aromatic carbocycles. The van der Waals surface area contributed by atoms with Crippen LogP contribution >= 0.6 is 15.9 Å². The van der Waals surface area contributed by atoms with E-state index in [1.807, 2.05) is 24.3 Å². The SMILES string of the molecule is COC(=O)[C@H](Cc1ccc(O)cc1)NS(=O)(=O)c1ccc(-c2ccc(Br)cc2)cc1. The predicted molar refractivity (Wildman–Crippen MR) is 118 cm³/mol. The number of sulfonamides is 1. The average Bonchev–Trinajstić information content (AvgIpc) is 2.75. The molecule has 0 saturated heterocycles. The Morgan fingerprint density at radius 2 is 1.50 bits per heavy atom. The molecular formula is C22H20BrNO5S. The highest BCUT2D eigenvalue weighted by Gasteiger charge is 2.26. The van der Waals surface area contributed by atoms with E-state index >= 15 is 0 Å².